The Labute approximate surface area is 94.5 Å². The normalized spacial score (nSPS) is 27.6. The van der Waals surface area contributed by atoms with E-state index in [1.165, 1.54) is 0 Å². The molecule has 2 atom stereocenters. The molecule has 0 radical (unpaired) electrons. The Morgan fingerprint density at radius 3 is 2.69 bits per heavy atom. The van der Waals surface area contributed by atoms with Gasteiger partial charge < -0.3 is 0 Å². The predicted molar refractivity (Wildman–Crippen MR) is 60.5 cm³/mol. The zero-order chi connectivity index (χ0) is 12.0. The van der Waals surface area contributed by atoms with Gasteiger partial charge in [-0.3, -0.25) is 0 Å². The first-order chi connectivity index (χ1) is 7.64. The molecule has 0 N–H and O–H groups in total. The Balaban J connectivity index is 2.95. The number of hydrogen-bond donors (Lipinski definition) is 0. The quantitative estimate of drug-likeness (QED) is 0.533. The van der Waals surface area contributed by atoms with E-state index >= 15 is 0 Å². The van der Waals surface area contributed by atoms with E-state index < -0.39 is 0 Å². The molecule has 0 heterocycles. The lowest BCUT2D eigenvalue weighted by Crippen LogP contribution is -2.33. The molecule has 4 heteroatoms. The van der Waals surface area contributed by atoms with Crippen molar-refractivity contribution in [3.05, 3.63) is 23.8 Å². The van der Waals surface area contributed by atoms with Gasteiger partial charge in [0.2, 0.25) is 12.2 Å². The third-order valence-corrected chi connectivity index (χ3v) is 3.00. The highest BCUT2D eigenvalue weighted by molar-refractivity contribution is 5.36. The Hall–Kier alpha value is -1.76. The lowest BCUT2D eigenvalue weighted by Gasteiger charge is -2.35. The lowest BCUT2D eigenvalue weighted by molar-refractivity contribution is 0.307. The molecule has 0 spiro atoms. The molecule has 0 bridgehead atoms. The smallest absolute Gasteiger partial charge is 0.211 e. The fourth-order valence-corrected chi connectivity index (χ4v) is 2.02. The SMILES string of the molecule is CC1=CC=CC(C)(CN=C=O)C1CN=C=O. The molecule has 1 aliphatic carbocycles. The second kappa shape index (κ2) is 5.36. The van der Waals surface area contributed by atoms with E-state index in [1.807, 2.05) is 32.1 Å². The van der Waals surface area contributed by atoms with Crippen molar-refractivity contribution in [2.75, 3.05) is 13.1 Å². The molecule has 1 aliphatic rings. The minimum absolute atomic E-state index is 0.0797. The Morgan fingerprint density at radius 1 is 1.38 bits per heavy atom. The van der Waals surface area contributed by atoms with Crippen LogP contribution in [-0.2, 0) is 9.59 Å². The molecule has 1 rings (SSSR count). The second-order valence-corrected chi connectivity index (χ2v) is 4.17. The van der Waals surface area contributed by atoms with Gasteiger partial charge in [-0.1, -0.05) is 30.7 Å². The fourth-order valence-electron chi connectivity index (χ4n) is 2.02. The number of isocyanates is 2. The Kier molecular flexibility index (Phi) is 4.12. The zero-order valence-corrected chi connectivity index (χ0v) is 9.43. The molecular weight excluding hydrogens is 204 g/mol. The van der Waals surface area contributed by atoms with Gasteiger partial charge in [0.15, 0.2) is 0 Å². The van der Waals surface area contributed by atoms with Crippen LogP contribution in [0.2, 0.25) is 0 Å². The minimum Gasteiger partial charge on any atom is -0.211 e. The molecule has 0 saturated heterocycles. The van der Waals surface area contributed by atoms with Crippen LogP contribution in [0.25, 0.3) is 0 Å². The van der Waals surface area contributed by atoms with Crippen molar-refractivity contribution in [1.29, 1.82) is 0 Å². The molecule has 0 aromatic carbocycles. The van der Waals surface area contributed by atoms with Crippen molar-refractivity contribution in [2.45, 2.75) is 13.8 Å². The first-order valence-electron chi connectivity index (χ1n) is 5.07. The third-order valence-electron chi connectivity index (χ3n) is 3.00. The van der Waals surface area contributed by atoms with E-state index in [4.69, 9.17) is 0 Å². The largest absolute Gasteiger partial charge is 0.234 e. The number of hydrogen-bond acceptors (Lipinski definition) is 4. The van der Waals surface area contributed by atoms with E-state index in [2.05, 4.69) is 9.98 Å². The molecule has 2 unspecified atom stereocenters. The summed E-state index contributed by atoms with van der Waals surface area (Å²) in [7, 11) is 0. The van der Waals surface area contributed by atoms with Crippen molar-refractivity contribution in [3.8, 4) is 0 Å². The van der Waals surface area contributed by atoms with Gasteiger partial charge in [0.25, 0.3) is 0 Å². The van der Waals surface area contributed by atoms with Gasteiger partial charge in [-0.25, -0.2) is 19.6 Å². The van der Waals surface area contributed by atoms with Crippen molar-refractivity contribution in [3.63, 3.8) is 0 Å². The highest BCUT2D eigenvalue weighted by Crippen LogP contribution is 2.37. The molecule has 84 valence electrons. The Bertz CT molecular complexity index is 413. The summed E-state index contributed by atoms with van der Waals surface area (Å²) in [5.41, 5.74) is 0.849. The summed E-state index contributed by atoms with van der Waals surface area (Å²) in [6.07, 6.45) is 9.01. The van der Waals surface area contributed by atoms with Gasteiger partial charge in [-0.2, -0.15) is 0 Å². The summed E-state index contributed by atoms with van der Waals surface area (Å²) in [6.45, 7) is 4.71. The first-order valence-corrected chi connectivity index (χ1v) is 5.07. The van der Waals surface area contributed by atoms with Crippen molar-refractivity contribution in [1.82, 2.24) is 0 Å². The summed E-state index contributed by atoms with van der Waals surface area (Å²) in [6, 6.07) is 0. The van der Waals surface area contributed by atoms with E-state index in [-0.39, 0.29) is 11.3 Å². The summed E-state index contributed by atoms with van der Waals surface area (Å²) < 4.78 is 0. The van der Waals surface area contributed by atoms with Gasteiger partial charge in [0.05, 0.1) is 13.1 Å². The molecule has 0 amide bonds. The van der Waals surface area contributed by atoms with E-state index in [0.29, 0.717) is 13.1 Å². The molecule has 0 fully saturated rings. The van der Waals surface area contributed by atoms with Crippen molar-refractivity contribution < 1.29 is 9.59 Å². The van der Waals surface area contributed by atoms with Gasteiger partial charge in [-0.15, -0.1) is 0 Å². The van der Waals surface area contributed by atoms with Gasteiger partial charge in [0, 0.05) is 11.3 Å². The van der Waals surface area contributed by atoms with Crippen LogP contribution in [0.5, 0.6) is 0 Å². The third kappa shape index (κ3) is 2.63. The number of nitrogens with zero attached hydrogens (tertiary/aromatic N) is 2. The highest BCUT2D eigenvalue weighted by atomic mass is 16.1. The van der Waals surface area contributed by atoms with E-state index in [9.17, 15) is 9.59 Å². The van der Waals surface area contributed by atoms with Crippen molar-refractivity contribution >= 4 is 12.2 Å². The number of aliphatic imine (C=N–C) groups is 2. The van der Waals surface area contributed by atoms with Gasteiger partial charge in [0.1, 0.15) is 0 Å². The van der Waals surface area contributed by atoms with Crippen LogP contribution in [0.1, 0.15) is 13.8 Å². The molecule has 0 aliphatic heterocycles. The summed E-state index contributed by atoms with van der Waals surface area (Å²) in [5.74, 6) is 0.0797. The number of carbonyl (C=O) groups excluding carboxylic acids is 2. The molecular formula is C12H14N2O2. The Morgan fingerprint density at radius 2 is 2.06 bits per heavy atom. The maximum atomic E-state index is 10.2. The molecule has 4 nitrogen and oxygen atoms in total. The van der Waals surface area contributed by atoms with Crippen LogP contribution < -0.4 is 0 Å². The molecule has 0 aromatic heterocycles. The maximum absolute atomic E-state index is 10.2. The summed E-state index contributed by atoms with van der Waals surface area (Å²) in [4.78, 5) is 27.6. The summed E-state index contributed by atoms with van der Waals surface area (Å²) in [5, 5.41) is 0. The van der Waals surface area contributed by atoms with Crippen LogP contribution in [0.4, 0.5) is 0 Å². The predicted octanol–water partition coefficient (Wildman–Crippen LogP) is 1.80. The van der Waals surface area contributed by atoms with Crippen LogP contribution in [-0.4, -0.2) is 25.2 Å². The topological polar surface area (TPSA) is 58.9 Å². The van der Waals surface area contributed by atoms with E-state index in [1.54, 1.807) is 12.2 Å². The van der Waals surface area contributed by atoms with Crippen molar-refractivity contribution in [2.24, 2.45) is 21.3 Å². The second-order valence-electron chi connectivity index (χ2n) is 4.17. The maximum Gasteiger partial charge on any atom is 0.234 e. The average Bonchev–Trinajstić information content (AvgIpc) is 2.26. The monoisotopic (exact) mass is 218 g/mol. The average molecular weight is 218 g/mol. The van der Waals surface area contributed by atoms with Crippen LogP contribution in [0, 0.1) is 11.3 Å². The minimum atomic E-state index is -0.281. The van der Waals surface area contributed by atoms with Crippen LogP contribution in [0.15, 0.2) is 33.8 Å². The van der Waals surface area contributed by atoms with Gasteiger partial charge in [-0.05, 0) is 6.92 Å². The lowest BCUT2D eigenvalue weighted by atomic mass is 9.71. The number of rotatable bonds is 4. The van der Waals surface area contributed by atoms with Crippen LogP contribution >= 0.6 is 0 Å². The van der Waals surface area contributed by atoms with E-state index in [0.717, 1.165) is 5.57 Å². The first kappa shape index (κ1) is 12.3. The highest BCUT2D eigenvalue weighted by Gasteiger charge is 2.34. The zero-order valence-electron chi connectivity index (χ0n) is 9.43. The van der Waals surface area contributed by atoms with Crippen LogP contribution in [0.3, 0.4) is 0 Å². The van der Waals surface area contributed by atoms with Gasteiger partial charge >= 0.3 is 0 Å². The summed E-state index contributed by atoms with van der Waals surface area (Å²) >= 11 is 0. The fraction of sp³-hybridized carbons (Fsp3) is 0.500. The number of allylic oxidation sites excluding steroid dienone is 2. The molecule has 0 saturated carbocycles. The molecule has 0 aromatic rings. The standard InChI is InChI=1S/C12H14N2O2/c1-10-4-3-5-12(2,7-14-9-16)11(10)6-13-8-15/h3-5,11H,6-7H2,1-2H3. The molecule has 16 heavy (non-hydrogen) atoms.